The maximum atomic E-state index is 12.3. The first-order valence-corrected chi connectivity index (χ1v) is 7.93. The molecule has 1 heterocycles. The van der Waals surface area contributed by atoms with Crippen LogP contribution in [0.15, 0.2) is 30.3 Å². The third-order valence-corrected chi connectivity index (χ3v) is 3.43. The van der Waals surface area contributed by atoms with Gasteiger partial charge in [-0.25, -0.2) is 9.59 Å². The fraction of sp³-hybridized carbons (Fsp3) is 0.412. The normalized spacial score (nSPS) is 17.2. The summed E-state index contributed by atoms with van der Waals surface area (Å²) in [6.07, 6.45) is 0.341. The molecule has 0 radical (unpaired) electrons. The second-order valence-electron chi connectivity index (χ2n) is 6.87. The molecule has 1 saturated heterocycles. The minimum Gasteiger partial charge on any atom is -0.333 e. The van der Waals surface area contributed by atoms with Gasteiger partial charge >= 0.3 is 12.1 Å². The molecule has 1 atom stereocenters. The van der Waals surface area contributed by atoms with Crippen LogP contribution in [0.1, 0.15) is 26.3 Å². The van der Waals surface area contributed by atoms with Crippen LogP contribution in [0.3, 0.4) is 0 Å². The molecule has 25 heavy (non-hydrogen) atoms. The minimum atomic E-state index is -0.731. The Kier molecular flexibility index (Phi) is 5.41. The molecule has 0 spiro atoms. The van der Waals surface area contributed by atoms with Crippen LogP contribution in [-0.2, 0) is 16.0 Å². The van der Waals surface area contributed by atoms with Crippen LogP contribution in [0.2, 0.25) is 0 Å². The Morgan fingerprint density at radius 3 is 2.40 bits per heavy atom. The molecular weight excluding hydrogens is 324 g/mol. The number of carbonyl (C=O) groups excluding carboxylic acids is 4. The lowest BCUT2D eigenvalue weighted by Crippen LogP contribution is -2.51. The molecule has 1 aromatic rings. The highest BCUT2D eigenvalue weighted by molar-refractivity contribution is 6.07. The van der Waals surface area contributed by atoms with Crippen LogP contribution in [-0.4, -0.2) is 46.9 Å². The molecule has 6 amide bonds. The number of carbonyl (C=O) groups is 4. The average molecular weight is 346 g/mol. The Labute approximate surface area is 145 Å². The van der Waals surface area contributed by atoms with E-state index >= 15 is 0 Å². The Hall–Kier alpha value is -2.90. The summed E-state index contributed by atoms with van der Waals surface area (Å²) < 4.78 is 0. The van der Waals surface area contributed by atoms with Crippen molar-refractivity contribution in [3.8, 4) is 0 Å². The quantitative estimate of drug-likeness (QED) is 0.700. The lowest BCUT2D eigenvalue weighted by molar-refractivity contribution is -0.131. The molecule has 8 heteroatoms. The number of benzene rings is 1. The van der Waals surface area contributed by atoms with E-state index in [0.717, 1.165) is 10.5 Å². The van der Waals surface area contributed by atoms with E-state index in [2.05, 4.69) is 16.0 Å². The second kappa shape index (κ2) is 7.33. The molecular formula is C17H22N4O4. The monoisotopic (exact) mass is 346 g/mol. The van der Waals surface area contributed by atoms with Crippen molar-refractivity contribution in [2.75, 3.05) is 6.54 Å². The highest BCUT2D eigenvalue weighted by atomic mass is 16.2. The second-order valence-corrected chi connectivity index (χ2v) is 6.87. The highest BCUT2D eigenvalue weighted by Gasteiger charge is 2.39. The van der Waals surface area contributed by atoms with Crippen molar-refractivity contribution in [3.63, 3.8) is 0 Å². The molecule has 1 fully saturated rings. The van der Waals surface area contributed by atoms with Gasteiger partial charge in [0.15, 0.2) is 0 Å². The summed E-state index contributed by atoms with van der Waals surface area (Å²) in [6, 6.07) is 7.22. The molecule has 1 aliphatic rings. The van der Waals surface area contributed by atoms with Crippen LogP contribution in [0.5, 0.6) is 0 Å². The fourth-order valence-electron chi connectivity index (χ4n) is 2.40. The molecule has 0 aromatic heterocycles. The summed E-state index contributed by atoms with van der Waals surface area (Å²) in [5.41, 5.74) is 0.392. The van der Waals surface area contributed by atoms with Crippen molar-refractivity contribution in [1.29, 1.82) is 0 Å². The maximum Gasteiger partial charge on any atom is 0.325 e. The maximum absolute atomic E-state index is 12.3. The van der Waals surface area contributed by atoms with Crippen molar-refractivity contribution in [2.45, 2.75) is 38.8 Å². The van der Waals surface area contributed by atoms with E-state index in [1.807, 2.05) is 30.3 Å². The minimum absolute atomic E-state index is 0.341. The zero-order chi connectivity index (χ0) is 18.6. The first-order chi connectivity index (χ1) is 11.7. The van der Waals surface area contributed by atoms with Gasteiger partial charge in [-0.05, 0) is 26.3 Å². The smallest absolute Gasteiger partial charge is 0.325 e. The zero-order valence-corrected chi connectivity index (χ0v) is 14.5. The lowest BCUT2D eigenvalue weighted by Gasteiger charge is -2.20. The van der Waals surface area contributed by atoms with E-state index in [1.54, 1.807) is 20.8 Å². The van der Waals surface area contributed by atoms with E-state index < -0.39 is 42.0 Å². The number of urea groups is 2. The molecule has 1 aliphatic heterocycles. The van der Waals surface area contributed by atoms with Gasteiger partial charge in [-0.2, -0.15) is 0 Å². The molecule has 1 aromatic carbocycles. The number of amides is 6. The predicted octanol–water partition coefficient (Wildman–Crippen LogP) is 0.774. The van der Waals surface area contributed by atoms with Gasteiger partial charge in [-0.3, -0.25) is 19.8 Å². The summed E-state index contributed by atoms with van der Waals surface area (Å²) >= 11 is 0. The highest BCUT2D eigenvalue weighted by Crippen LogP contribution is 2.12. The molecule has 0 aliphatic carbocycles. The van der Waals surface area contributed by atoms with E-state index in [-0.39, 0.29) is 0 Å². The van der Waals surface area contributed by atoms with Crippen molar-refractivity contribution in [3.05, 3.63) is 35.9 Å². The Bertz CT molecular complexity index is 682. The molecule has 134 valence electrons. The Balaban J connectivity index is 1.91. The Morgan fingerprint density at radius 1 is 1.16 bits per heavy atom. The van der Waals surface area contributed by atoms with Crippen molar-refractivity contribution in [1.82, 2.24) is 20.9 Å². The van der Waals surface area contributed by atoms with E-state index in [0.29, 0.717) is 6.42 Å². The average Bonchev–Trinajstić information content (AvgIpc) is 2.74. The van der Waals surface area contributed by atoms with Crippen molar-refractivity contribution >= 4 is 23.9 Å². The van der Waals surface area contributed by atoms with Crippen LogP contribution in [0.25, 0.3) is 0 Å². The number of imide groups is 2. The first-order valence-electron chi connectivity index (χ1n) is 7.93. The topological polar surface area (TPSA) is 108 Å². The molecule has 8 nitrogen and oxygen atoms in total. The SMILES string of the molecule is CC(C)(C)NC(=O)NC(=O)CN1C(=O)NC(Cc2ccccc2)C1=O. The summed E-state index contributed by atoms with van der Waals surface area (Å²) in [4.78, 5) is 48.7. The standard InChI is InChI=1S/C17H22N4O4/c1-17(2,3)20-15(24)19-13(22)10-21-14(23)12(18-16(21)25)9-11-7-5-4-6-8-11/h4-8,12H,9-10H2,1-3H3,(H,18,25)(H2,19,20,22,24). The van der Waals surface area contributed by atoms with Gasteiger partial charge < -0.3 is 10.6 Å². The van der Waals surface area contributed by atoms with Gasteiger partial charge in [0.1, 0.15) is 12.6 Å². The van der Waals surface area contributed by atoms with Crippen molar-refractivity contribution in [2.24, 2.45) is 0 Å². The summed E-state index contributed by atoms with van der Waals surface area (Å²) in [5, 5.41) is 7.23. The van der Waals surface area contributed by atoms with E-state index in [9.17, 15) is 19.2 Å². The third kappa shape index (κ3) is 5.30. The third-order valence-electron chi connectivity index (χ3n) is 3.43. The number of hydrogen-bond donors (Lipinski definition) is 3. The van der Waals surface area contributed by atoms with Gasteiger partial charge in [0.2, 0.25) is 5.91 Å². The summed E-state index contributed by atoms with van der Waals surface area (Å²) in [6.45, 7) is 4.79. The number of nitrogens with one attached hydrogen (secondary N) is 3. The predicted molar refractivity (Wildman–Crippen MR) is 90.6 cm³/mol. The summed E-state index contributed by atoms with van der Waals surface area (Å²) in [5.74, 6) is -1.22. The fourth-order valence-corrected chi connectivity index (χ4v) is 2.40. The van der Waals surface area contributed by atoms with Gasteiger partial charge in [-0.1, -0.05) is 30.3 Å². The zero-order valence-electron chi connectivity index (χ0n) is 14.5. The molecule has 3 N–H and O–H groups in total. The van der Waals surface area contributed by atoms with Gasteiger partial charge in [0.25, 0.3) is 5.91 Å². The van der Waals surface area contributed by atoms with Gasteiger partial charge in [0.05, 0.1) is 0 Å². The van der Waals surface area contributed by atoms with E-state index in [4.69, 9.17) is 0 Å². The van der Waals surface area contributed by atoms with E-state index in [1.165, 1.54) is 0 Å². The van der Waals surface area contributed by atoms with Gasteiger partial charge in [0, 0.05) is 12.0 Å². The van der Waals surface area contributed by atoms with Crippen LogP contribution in [0, 0.1) is 0 Å². The number of rotatable bonds is 4. The van der Waals surface area contributed by atoms with Crippen LogP contribution < -0.4 is 16.0 Å². The van der Waals surface area contributed by atoms with Crippen LogP contribution in [0.4, 0.5) is 9.59 Å². The van der Waals surface area contributed by atoms with Crippen LogP contribution >= 0.6 is 0 Å². The molecule has 1 unspecified atom stereocenters. The molecule has 0 saturated carbocycles. The number of nitrogens with zero attached hydrogens (tertiary/aromatic N) is 1. The molecule has 0 bridgehead atoms. The Morgan fingerprint density at radius 2 is 1.80 bits per heavy atom. The van der Waals surface area contributed by atoms with Crippen molar-refractivity contribution < 1.29 is 19.2 Å². The summed E-state index contributed by atoms with van der Waals surface area (Å²) in [7, 11) is 0. The van der Waals surface area contributed by atoms with Gasteiger partial charge in [-0.15, -0.1) is 0 Å². The largest absolute Gasteiger partial charge is 0.333 e. The number of hydrogen-bond acceptors (Lipinski definition) is 4. The molecule has 2 rings (SSSR count). The first kappa shape index (κ1) is 18.4. The lowest BCUT2D eigenvalue weighted by atomic mass is 10.1.